The van der Waals surface area contributed by atoms with E-state index in [9.17, 15) is 14.4 Å². The van der Waals surface area contributed by atoms with Gasteiger partial charge in [-0.3, -0.25) is 19.7 Å². The molecule has 0 spiro atoms. The summed E-state index contributed by atoms with van der Waals surface area (Å²) in [5.74, 6) is -0.516. The lowest BCUT2D eigenvalue weighted by Crippen LogP contribution is -2.52. The van der Waals surface area contributed by atoms with Crippen LogP contribution in [0.25, 0.3) is 0 Å². The molecule has 0 aromatic heterocycles. The summed E-state index contributed by atoms with van der Waals surface area (Å²) in [5, 5.41) is 5.74. The van der Waals surface area contributed by atoms with Crippen LogP contribution in [0.4, 0.5) is 0 Å². The van der Waals surface area contributed by atoms with Crippen LogP contribution in [0.5, 0.6) is 0 Å². The van der Waals surface area contributed by atoms with Gasteiger partial charge in [-0.2, -0.15) is 0 Å². The van der Waals surface area contributed by atoms with Crippen LogP contribution >= 0.6 is 0 Å². The summed E-state index contributed by atoms with van der Waals surface area (Å²) in [6, 6.07) is 5.14. The molecule has 3 amide bonds. The van der Waals surface area contributed by atoms with Crippen LogP contribution in [-0.4, -0.2) is 54.5 Å². The number of hydrogen-bond donors (Lipinski definition) is 3. The predicted octanol–water partition coefficient (Wildman–Crippen LogP) is -0.489. The van der Waals surface area contributed by atoms with E-state index in [1.54, 1.807) is 11.0 Å². The average molecular weight is 372 g/mol. The Bertz CT molecular complexity index is 781. The third-order valence-electron chi connectivity index (χ3n) is 5.65. The number of piperidine rings is 1. The number of nitrogens with two attached hydrogens (primary N) is 1. The zero-order valence-electron chi connectivity index (χ0n) is 15.1. The molecule has 1 aromatic rings. The van der Waals surface area contributed by atoms with Crippen LogP contribution in [0.3, 0.4) is 0 Å². The Labute approximate surface area is 157 Å². The molecule has 0 aliphatic carbocycles. The van der Waals surface area contributed by atoms with Gasteiger partial charge in [-0.25, -0.2) is 0 Å². The Morgan fingerprint density at radius 2 is 2.11 bits per heavy atom. The second kappa shape index (κ2) is 7.38. The molecule has 0 radical (unpaired) electrons. The van der Waals surface area contributed by atoms with Crippen molar-refractivity contribution in [3.63, 3.8) is 0 Å². The van der Waals surface area contributed by atoms with Crippen molar-refractivity contribution in [3.8, 4) is 0 Å². The molecule has 0 bridgehead atoms. The minimum Gasteiger partial charge on any atom is -0.379 e. The van der Waals surface area contributed by atoms with Crippen molar-refractivity contribution >= 4 is 17.7 Å². The first-order chi connectivity index (χ1) is 13.0. The summed E-state index contributed by atoms with van der Waals surface area (Å²) in [5.41, 5.74) is 8.65. The Hall–Kier alpha value is -2.29. The summed E-state index contributed by atoms with van der Waals surface area (Å²) in [6.45, 7) is 3.05. The highest BCUT2D eigenvalue weighted by Crippen LogP contribution is 2.29. The van der Waals surface area contributed by atoms with Crippen molar-refractivity contribution in [2.45, 2.75) is 38.0 Å². The first kappa shape index (κ1) is 18.1. The van der Waals surface area contributed by atoms with Gasteiger partial charge in [0.05, 0.1) is 13.2 Å². The molecular formula is C19H24N4O4. The SMILES string of the molecule is N[C@@H]1COC[C@H]1CNCc1cccc2c1CN(C1CCC(=O)NC1=O)C2=O. The number of carbonyl (C=O) groups is 3. The molecule has 144 valence electrons. The largest absolute Gasteiger partial charge is 0.379 e. The van der Waals surface area contributed by atoms with Crippen LogP contribution in [0.2, 0.25) is 0 Å². The van der Waals surface area contributed by atoms with E-state index < -0.39 is 6.04 Å². The smallest absolute Gasteiger partial charge is 0.255 e. The topological polar surface area (TPSA) is 114 Å². The molecular weight excluding hydrogens is 348 g/mol. The lowest BCUT2D eigenvalue weighted by atomic mass is 10.0. The van der Waals surface area contributed by atoms with Gasteiger partial charge in [0, 0.05) is 43.6 Å². The Morgan fingerprint density at radius 3 is 2.85 bits per heavy atom. The number of hydrogen-bond acceptors (Lipinski definition) is 6. The van der Waals surface area contributed by atoms with Gasteiger partial charge < -0.3 is 20.7 Å². The van der Waals surface area contributed by atoms with E-state index in [0.29, 0.717) is 44.2 Å². The summed E-state index contributed by atoms with van der Waals surface area (Å²) in [7, 11) is 0. The number of benzene rings is 1. The van der Waals surface area contributed by atoms with Crippen molar-refractivity contribution in [2.75, 3.05) is 19.8 Å². The number of rotatable bonds is 5. The van der Waals surface area contributed by atoms with Crippen LogP contribution in [0, 0.1) is 5.92 Å². The maximum absolute atomic E-state index is 12.8. The molecule has 0 saturated carbocycles. The second-order valence-corrected chi connectivity index (χ2v) is 7.44. The van der Waals surface area contributed by atoms with Gasteiger partial charge >= 0.3 is 0 Å². The number of imide groups is 1. The Balaban J connectivity index is 1.44. The highest BCUT2D eigenvalue weighted by Gasteiger charge is 2.39. The summed E-state index contributed by atoms with van der Waals surface area (Å²) in [4.78, 5) is 37.9. The Morgan fingerprint density at radius 1 is 1.26 bits per heavy atom. The predicted molar refractivity (Wildman–Crippen MR) is 96.5 cm³/mol. The van der Waals surface area contributed by atoms with Gasteiger partial charge in [-0.15, -0.1) is 0 Å². The fourth-order valence-electron chi connectivity index (χ4n) is 4.03. The van der Waals surface area contributed by atoms with Gasteiger partial charge in [0.2, 0.25) is 11.8 Å². The Kier molecular flexibility index (Phi) is 4.94. The number of ether oxygens (including phenoxy) is 1. The van der Waals surface area contributed by atoms with E-state index in [1.807, 2.05) is 12.1 Å². The molecule has 27 heavy (non-hydrogen) atoms. The molecule has 4 N–H and O–H groups in total. The first-order valence-corrected chi connectivity index (χ1v) is 9.34. The van der Waals surface area contributed by atoms with Crippen LogP contribution in [0.1, 0.15) is 34.3 Å². The molecule has 3 aliphatic heterocycles. The standard InChI is InChI=1S/C19H24N4O4/c20-15-10-27-9-12(15)7-21-6-11-2-1-3-13-14(11)8-23(19(13)26)16-4-5-17(24)22-18(16)25/h1-3,12,15-16,21H,4-10,20H2,(H,22,24,25)/t12-,15-,16?/m1/s1. The van der Waals surface area contributed by atoms with E-state index in [-0.39, 0.29) is 30.2 Å². The molecule has 2 saturated heterocycles. The molecule has 1 unspecified atom stereocenters. The molecule has 1 aromatic carbocycles. The average Bonchev–Trinajstić information content (AvgIpc) is 3.20. The zero-order chi connectivity index (χ0) is 19.0. The molecule has 4 rings (SSSR count). The maximum atomic E-state index is 12.8. The van der Waals surface area contributed by atoms with Gasteiger partial charge in [0.1, 0.15) is 6.04 Å². The van der Waals surface area contributed by atoms with Gasteiger partial charge in [0.15, 0.2) is 0 Å². The first-order valence-electron chi connectivity index (χ1n) is 9.34. The molecule has 8 nitrogen and oxygen atoms in total. The van der Waals surface area contributed by atoms with Crippen molar-refractivity contribution < 1.29 is 19.1 Å². The van der Waals surface area contributed by atoms with Crippen molar-refractivity contribution in [1.29, 1.82) is 0 Å². The molecule has 2 fully saturated rings. The number of fused-ring (bicyclic) bond motifs is 1. The summed E-state index contributed by atoms with van der Waals surface area (Å²) >= 11 is 0. The van der Waals surface area contributed by atoms with Crippen LogP contribution in [-0.2, 0) is 27.4 Å². The second-order valence-electron chi connectivity index (χ2n) is 7.44. The quantitative estimate of drug-likeness (QED) is 0.601. The van der Waals surface area contributed by atoms with E-state index in [0.717, 1.165) is 17.7 Å². The minimum atomic E-state index is -0.586. The number of nitrogens with zero attached hydrogens (tertiary/aromatic N) is 1. The molecule has 3 aliphatic rings. The molecule has 3 atom stereocenters. The monoisotopic (exact) mass is 372 g/mol. The lowest BCUT2D eigenvalue weighted by molar-refractivity contribution is -0.136. The van der Waals surface area contributed by atoms with E-state index in [1.165, 1.54) is 0 Å². The van der Waals surface area contributed by atoms with Gasteiger partial charge in [0.25, 0.3) is 5.91 Å². The number of amides is 3. The van der Waals surface area contributed by atoms with Crippen molar-refractivity contribution in [1.82, 2.24) is 15.5 Å². The number of carbonyl (C=O) groups excluding carboxylic acids is 3. The highest BCUT2D eigenvalue weighted by atomic mass is 16.5. The van der Waals surface area contributed by atoms with Gasteiger partial charge in [-0.1, -0.05) is 12.1 Å². The van der Waals surface area contributed by atoms with Crippen molar-refractivity contribution in [3.05, 3.63) is 34.9 Å². The van der Waals surface area contributed by atoms with Crippen molar-refractivity contribution in [2.24, 2.45) is 11.7 Å². The maximum Gasteiger partial charge on any atom is 0.255 e. The number of nitrogens with one attached hydrogen (secondary N) is 2. The normalized spacial score (nSPS) is 27.8. The fraction of sp³-hybridized carbons (Fsp3) is 0.526. The molecule has 3 heterocycles. The highest BCUT2D eigenvalue weighted by molar-refractivity contribution is 6.05. The minimum absolute atomic E-state index is 0.0589. The lowest BCUT2D eigenvalue weighted by Gasteiger charge is -2.29. The van der Waals surface area contributed by atoms with Crippen LogP contribution < -0.4 is 16.4 Å². The van der Waals surface area contributed by atoms with E-state index >= 15 is 0 Å². The van der Waals surface area contributed by atoms with Gasteiger partial charge in [-0.05, 0) is 23.6 Å². The van der Waals surface area contributed by atoms with E-state index in [4.69, 9.17) is 10.5 Å². The van der Waals surface area contributed by atoms with E-state index in [2.05, 4.69) is 10.6 Å². The van der Waals surface area contributed by atoms with Crippen LogP contribution in [0.15, 0.2) is 18.2 Å². The summed E-state index contributed by atoms with van der Waals surface area (Å²) in [6.07, 6.45) is 0.631. The summed E-state index contributed by atoms with van der Waals surface area (Å²) < 4.78 is 5.38. The zero-order valence-corrected chi connectivity index (χ0v) is 15.1. The third-order valence-corrected chi connectivity index (χ3v) is 5.65. The third kappa shape index (κ3) is 3.47. The fourth-order valence-corrected chi connectivity index (χ4v) is 4.03. The molecule has 8 heteroatoms.